The number of rotatable bonds is 1. The van der Waals surface area contributed by atoms with Gasteiger partial charge in [0.05, 0.1) is 5.56 Å². The Kier molecular flexibility index (Phi) is 1.40. The molecule has 0 N–H and O–H groups in total. The minimum Gasteiger partial charge on any atom is -0.440 e. The Morgan fingerprint density at radius 2 is 2.29 bits per heavy atom. The van der Waals surface area contributed by atoms with E-state index in [9.17, 15) is 0 Å². The summed E-state index contributed by atoms with van der Waals surface area (Å²) in [5.74, 6) is 1.29. The van der Waals surface area contributed by atoms with Gasteiger partial charge in [0.1, 0.15) is 11.6 Å². The Labute approximate surface area is 81.0 Å². The summed E-state index contributed by atoms with van der Waals surface area (Å²) in [5.41, 5.74) is 2.03. The molecule has 1 fully saturated rings. The average Bonchev–Trinajstić information content (AvgIpc) is 2.97. The Morgan fingerprint density at radius 1 is 1.43 bits per heavy atom. The fourth-order valence-corrected chi connectivity index (χ4v) is 1.56. The number of hydrogen-bond acceptors (Lipinski definition) is 3. The average molecular weight is 184 g/mol. The predicted molar refractivity (Wildman–Crippen MR) is 50.7 cm³/mol. The molecule has 1 aromatic heterocycles. The molecule has 0 atom stereocenters. The zero-order chi connectivity index (χ0) is 9.54. The zero-order valence-electron chi connectivity index (χ0n) is 7.53. The van der Waals surface area contributed by atoms with Crippen LogP contribution in [0.2, 0.25) is 0 Å². The topological polar surface area (TPSA) is 49.8 Å². The van der Waals surface area contributed by atoms with Gasteiger partial charge in [0, 0.05) is 5.92 Å². The van der Waals surface area contributed by atoms with Crippen molar-refractivity contribution >= 4 is 11.1 Å². The lowest BCUT2D eigenvalue weighted by molar-refractivity contribution is 0.533. The first-order valence-corrected chi connectivity index (χ1v) is 4.68. The van der Waals surface area contributed by atoms with E-state index in [2.05, 4.69) is 11.1 Å². The third kappa shape index (κ3) is 1.01. The lowest BCUT2D eigenvalue weighted by atomic mass is 10.2. The van der Waals surface area contributed by atoms with Crippen molar-refractivity contribution in [3.63, 3.8) is 0 Å². The van der Waals surface area contributed by atoms with Gasteiger partial charge < -0.3 is 4.42 Å². The molecule has 1 heterocycles. The van der Waals surface area contributed by atoms with E-state index in [-0.39, 0.29) is 0 Å². The Morgan fingerprint density at radius 3 is 3.00 bits per heavy atom. The fourth-order valence-electron chi connectivity index (χ4n) is 1.56. The van der Waals surface area contributed by atoms with Crippen LogP contribution in [0, 0.1) is 11.3 Å². The van der Waals surface area contributed by atoms with E-state index in [4.69, 9.17) is 9.68 Å². The summed E-state index contributed by atoms with van der Waals surface area (Å²) in [6.45, 7) is 0. The maximum atomic E-state index is 8.87. The minimum absolute atomic E-state index is 0.494. The smallest absolute Gasteiger partial charge is 0.198 e. The molecule has 1 aromatic carbocycles. The summed E-state index contributed by atoms with van der Waals surface area (Å²) in [6.07, 6.45) is 2.32. The largest absolute Gasteiger partial charge is 0.440 e. The zero-order valence-corrected chi connectivity index (χ0v) is 7.53. The first-order valence-electron chi connectivity index (χ1n) is 4.68. The molecule has 0 saturated heterocycles. The number of nitriles is 1. The van der Waals surface area contributed by atoms with Gasteiger partial charge in [0.25, 0.3) is 0 Å². The molecule has 1 aliphatic carbocycles. The van der Waals surface area contributed by atoms with Gasteiger partial charge in [-0.05, 0) is 25.0 Å². The van der Waals surface area contributed by atoms with Gasteiger partial charge in [-0.3, -0.25) is 0 Å². The van der Waals surface area contributed by atoms with Crippen LogP contribution in [-0.4, -0.2) is 4.98 Å². The van der Waals surface area contributed by atoms with Crippen molar-refractivity contribution in [2.45, 2.75) is 18.8 Å². The highest BCUT2D eigenvalue weighted by molar-refractivity contribution is 5.79. The summed E-state index contributed by atoms with van der Waals surface area (Å²) < 4.78 is 5.57. The summed E-state index contributed by atoms with van der Waals surface area (Å²) in [4.78, 5) is 4.36. The summed E-state index contributed by atoms with van der Waals surface area (Å²) in [5, 5.41) is 8.87. The van der Waals surface area contributed by atoms with E-state index >= 15 is 0 Å². The molecule has 0 bridgehead atoms. The Balaban J connectivity index is 2.27. The third-order valence-corrected chi connectivity index (χ3v) is 2.48. The maximum absolute atomic E-state index is 8.87. The van der Waals surface area contributed by atoms with E-state index in [0.717, 1.165) is 24.3 Å². The summed E-state index contributed by atoms with van der Waals surface area (Å²) in [7, 11) is 0. The highest BCUT2D eigenvalue weighted by Crippen LogP contribution is 2.40. The third-order valence-electron chi connectivity index (χ3n) is 2.48. The monoisotopic (exact) mass is 184 g/mol. The van der Waals surface area contributed by atoms with E-state index in [1.165, 1.54) is 0 Å². The lowest BCUT2D eigenvalue weighted by Gasteiger charge is -1.86. The molecule has 3 nitrogen and oxygen atoms in total. The first-order chi connectivity index (χ1) is 6.88. The van der Waals surface area contributed by atoms with Crippen LogP contribution in [0.15, 0.2) is 22.6 Å². The van der Waals surface area contributed by atoms with Crippen LogP contribution in [0.3, 0.4) is 0 Å². The molecule has 68 valence electrons. The molecule has 0 spiro atoms. The molecule has 14 heavy (non-hydrogen) atoms. The molecule has 3 heteroatoms. The molecule has 0 unspecified atom stereocenters. The van der Waals surface area contributed by atoms with Crippen LogP contribution in [0.5, 0.6) is 0 Å². The minimum atomic E-state index is 0.494. The maximum Gasteiger partial charge on any atom is 0.198 e. The van der Waals surface area contributed by atoms with Gasteiger partial charge in [-0.1, -0.05) is 6.07 Å². The van der Waals surface area contributed by atoms with Crippen molar-refractivity contribution < 1.29 is 4.42 Å². The van der Waals surface area contributed by atoms with Crippen molar-refractivity contribution in [2.24, 2.45) is 0 Å². The normalized spacial score (nSPS) is 15.6. The van der Waals surface area contributed by atoms with Crippen molar-refractivity contribution in [1.29, 1.82) is 5.26 Å². The van der Waals surface area contributed by atoms with Gasteiger partial charge in [-0.25, -0.2) is 4.98 Å². The van der Waals surface area contributed by atoms with Crippen molar-refractivity contribution in [1.82, 2.24) is 4.98 Å². The van der Waals surface area contributed by atoms with E-state index < -0.39 is 0 Å². The van der Waals surface area contributed by atoms with Gasteiger partial charge in [-0.15, -0.1) is 0 Å². The van der Waals surface area contributed by atoms with E-state index in [0.29, 0.717) is 17.0 Å². The lowest BCUT2D eigenvalue weighted by Crippen LogP contribution is -1.78. The second-order valence-electron chi connectivity index (χ2n) is 3.59. The number of benzene rings is 1. The predicted octanol–water partition coefficient (Wildman–Crippen LogP) is 2.58. The first kappa shape index (κ1) is 7.57. The quantitative estimate of drug-likeness (QED) is 0.684. The summed E-state index contributed by atoms with van der Waals surface area (Å²) in [6, 6.07) is 7.56. The molecule has 3 rings (SSSR count). The van der Waals surface area contributed by atoms with Gasteiger partial charge in [0.15, 0.2) is 11.5 Å². The summed E-state index contributed by atoms with van der Waals surface area (Å²) >= 11 is 0. The van der Waals surface area contributed by atoms with Crippen molar-refractivity contribution in [3.8, 4) is 6.07 Å². The highest BCUT2D eigenvalue weighted by atomic mass is 16.3. The van der Waals surface area contributed by atoms with Crippen molar-refractivity contribution in [2.75, 3.05) is 0 Å². The molecule has 1 saturated carbocycles. The van der Waals surface area contributed by atoms with E-state index in [1.54, 1.807) is 6.07 Å². The Hall–Kier alpha value is -1.82. The van der Waals surface area contributed by atoms with Crippen LogP contribution >= 0.6 is 0 Å². The van der Waals surface area contributed by atoms with Gasteiger partial charge in [-0.2, -0.15) is 5.26 Å². The van der Waals surface area contributed by atoms with Gasteiger partial charge >= 0.3 is 0 Å². The van der Waals surface area contributed by atoms with Crippen LogP contribution in [-0.2, 0) is 0 Å². The molecular weight excluding hydrogens is 176 g/mol. The van der Waals surface area contributed by atoms with Gasteiger partial charge in [0.2, 0.25) is 0 Å². The Bertz CT molecular complexity index is 532. The second-order valence-corrected chi connectivity index (χ2v) is 3.59. The number of aromatic nitrogens is 1. The van der Waals surface area contributed by atoms with Crippen LogP contribution in [0.1, 0.15) is 30.2 Å². The molecule has 0 radical (unpaired) electrons. The molecule has 1 aliphatic rings. The van der Waals surface area contributed by atoms with Crippen LogP contribution < -0.4 is 0 Å². The molecule has 0 amide bonds. The number of para-hydroxylation sites is 1. The highest BCUT2D eigenvalue weighted by Gasteiger charge is 2.29. The molecule has 0 aliphatic heterocycles. The number of hydrogen-bond donors (Lipinski definition) is 0. The van der Waals surface area contributed by atoms with Crippen LogP contribution in [0.25, 0.3) is 11.1 Å². The SMILES string of the molecule is N#Cc1cccc2oc(C3CC3)nc12. The number of nitrogens with zero attached hydrogens (tertiary/aromatic N) is 2. The standard InChI is InChI=1S/C11H8N2O/c12-6-8-2-1-3-9-10(8)13-11(14-9)7-4-5-7/h1-3,7H,4-5H2. The number of oxazole rings is 1. The van der Waals surface area contributed by atoms with Crippen molar-refractivity contribution in [3.05, 3.63) is 29.7 Å². The van der Waals surface area contributed by atoms with E-state index in [1.807, 2.05) is 12.1 Å². The fraction of sp³-hybridized carbons (Fsp3) is 0.273. The van der Waals surface area contributed by atoms with Crippen LogP contribution in [0.4, 0.5) is 0 Å². The number of fused-ring (bicyclic) bond motifs is 1. The molecule has 2 aromatic rings. The second kappa shape index (κ2) is 2.58. The molecular formula is C11H8N2O.